The number of carbonyl (C=O) groups excluding carboxylic acids is 4. The van der Waals surface area contributed by atoms with Gasteiger partial charge in [0, 0.05) is 43.2 Å². The average molecular weight is 643 g/mol. The summed E-state index contributed by atoms with van der Waals surface area (Å²) in [5, 5.41) is 12.9. The van der Waals surface area contributed by atoms with Crippen molar-refractivity contribution in [1.29, 1.82) is 0 Å². The third kappa shape index (κ3) is 8.44. The van der Waals surface area contributed by atoms with E-state index in [1.54, 1.807) is 16.0 Å². The molecule has 2 aliphatic heterocycles. The molecule has 5 atom stereocenters. The highest BCUT2D eigenvalue weighted by Gasteiger charge is 2.45. The van der Waals surface area contributed by atoms with Crippen LogP contribution in [0.5, 0.6) is 0 Å². The number of nitrogens with one attached hydrogen (secondary N) is 3. The van der Waals surface area contributed by atoms with Crippen molar-refractivity contribution in [1.82, 2.24) is 30.6 Å². The normalized spacial score (nSPS) is 19.5. The molecule has 0 spiro atoms. The Balaban J connectivity index is 1.29. The van der Waals surface area contributed by atoms with Crippen molar-refractivity contribution in [3.05, 3.63) is 89.2 Å². The second-order valence-corrected chi connectivity index (χ2v) is 12.6. The van der Waals surface area contributed by atoms with Crippen molar-refractivity contribution in [3.63, 3.8) is 0 Å². The summed E-state index contributed by atoms with van der Waals surface area (Å²) in [5.74, 6) is -1.34. The van der Waals surface area contributed by atoms with Crippen LogP contribution in [0.2, 0.25) is 0 Å². The number of rotatable bonds is 14. The first kappa shape index (κ1) is 33.8. The number of carbonyl (C=O) groups is 4. The lowest BCUT2D eigenvalue weighted by atomic mass is 10.0. The number of H-pyrrole nitrogens is 1. The quantitative estimate of drug-likeness (QED) is 0.164. The van der Waals surface area contributed by atoms with E-state index in [4.69, 9.17) is 11.5 Å². The Morgan fingerprint density at radius 3 is 2.36 bits per heavy atom. The Bertz CT molecular complexity index is 1510. The molecular formula is C35H46N8O4. The van der Waals surface area contributed by atoms with Crippen LogP contribution >= 0.6 is 0 Å². The van der Waals surface area contributed by atoms with E-state index in [-0.39, 0.29) is 24.3 Å². The standard InChI is InChI=1S/C35H46N8O4/c1-23-18-30(34(46)43(23)31(14-8-9-16-36)35(47)42-17-15-28-26(22-42)21-38-41-28)40-33(45)29(20-25-12-6-3-7-13-25)39-32(44)27(37)19-24-10-4-2-5-11-24/h2-7,10-13,21,23,27,29-31H,8-9,14-20,22,36-37H2,1H3,(H,38,41)(H,39,44)(H,40,45)/t23?,27-,29-,30-,31-/m1/s1. The lowest BCUT2D eigenvalue weighted by Gasteiger charge is -2.36. The van der Waals surface area contributed by atoms with Crippen LogP contribution in [-0.2, 0) is 45.0 Å². The second kappa shape index (κ2) is 15.8. The molecule has 0 bridgehead atoms. The maximum atomic E-state index is 14.0. The molecule has 3 heterocycles. The summed E-state index contributed by atoms with van der Waals surface area (Å²) in [6, 6.07) is 15.2. The van der Waals surface area contributed by atoms with E-state index in [1.807, 2.05) is 67.6 Å². The van der Waals surface area contributed by atoms with Crippen LogP contribution in [0.4, 0.5) is 0 Å². The number of hydrogen-bond donors (Lipinski definition) is 5. The Kier molecular flexibility index (Phi) is 11.4. The Hall–Kier alpha value is -4.55. The average Bonchev–Trinajstić information content (AvgIpc) is 3.66. The van der Waals surface area contributed by atoms with Gasteiger partial charge in [-0.25, -0.2) is 0 Å². The number of benzene rings is 2. The highest BCUT2D eigenvalue weighted by Crippen LogP contribution is 2.27. The predicted molar refractivity (Wildman–Crippen MR) is 177 cm³/mol. The zero-order valence-electron chi connectivity index (χ0n) is 26.9. The topological polar surface area (TPSA) is 180 Å². The molecule has 1 saturated heterocycles. The number of fused-ring (bicyclic) bond motifs is 1. The van der Waals surface area contributed by atoms with Gasteiger partial charge in [-0.1, -0.05) is 60.7 Å². The summed E-state index contributed by atoms with van der Waals surface area (Å²) < 4.78 is 0. The number of aromatic amines is 1. The molecule has 4 amide bonds. The lowest BCUT2D eigenvalue weighted by molar-refractivity contribution is -0.146. The van der Waals surface area contributed by atoms with E-state index >= 15 is 0 Å². The molecule has 12 heteroatoms. The van der Waals surface area contributed by atoms with Gasteiger partial charge in [-0.05, 0) is 56.7 Å². The molecule has 1 unspecified atom stereocenters. The van der Waals surface area contributed by atoms with Gasteiger partial charge in [-0.15, -0.1) is 0 Å². The fraction of sp³-hybridized carbons (Fsp3) is 0.457. The zero-order chi connectivity index (χ0) is 33.3. The lowest BCUT2D eigenvalue weighted by Crippen LogP contribution is -2.56. The molecule has 0 saturated carbocycles. The first-order chi connectivity index (χ1) is 22.7. The minimum absolute atomic E-state index is 0.109. The van der Waals surface area contributed by atoms with Crippen molar-refractivity contribution < 1.29 is 19.2 Å². The van der Waals surface area contributed by atoms with Gasteiger partial charge in [0.15, 0.2) is 0 Å². The molecule has 12 nitrogen and oxygen atoms in total. The van der Waals surface area contributed by atoms with Crippen molar-refractivity contribution in [2.75, 3.05) is 13.1 Å². The van der Waals surface area contributed by atoms with Crippen LogP contribution < -0.4 is 22.1 Å². The SMILES string of the molecule is CC1C[C@@H](NC(=O)[C@@H](Cc2ccccc2)NC(=O)[C@H](N)Cc2ccccc2)C(=O)N1[C@H](CCCCN)C(=O)N1CCc2[nH]ncc2C1. The van der Waals surface area contributed by atoms with Gasteiger partial charge in [0.05, 0.1) is 12.2 Å². The van der Waals surface area contributed by atoms with Crippen molar-refractivity contribution in [3.8, 4) is 0 Å². The van der Waals surface area contributed by atoms with Crippen LogP contribution in [0.15, 0.2) is 66.9 Å². The van der Waals surface area contributed by atoms with E-state index in [9.17, 15) is 19.2 Å². The van der Waals surface area contributed by atoms with E-state index < -0.39 is 36.0 Å². The molecule has 7 N–H and O–H groups in total. The predicted octanol–water partition coefficient (Wildman–Crippen LogP) is 1.20. The highest BCUT2D eigenvalue weighted by atomic mass is 16.2. The number of unbranched alkanes of at least 4 members (excludes halogenated alkanes) is 1. The van der Waals surface area contributed by atoms with Gasteiger partial charge < -0.3 is 31.9 Å². The van der Waals surface area contributed by atoms with E-state index in [1.165, 1.54) is 0 Å². The second-order valence-electron chi connectivity index (χ2n) is 12.6. The molecule has 0 radical (unpaired) electrons. The summed E-state index contributed by atoms with van der Waals surface area (Å²) in [6.07, 6.45) is 5.21. The number of nitrogens with two attached hydrogens (primary N) is 2. The summed E-state index contributed by atoms with van der Waals surface area (Å²) in [5.41, 5.74) is 15.8. The van der Waals surface area contributed by atoms with Gasteiger partial charge in [0.25, 0.3) is 0 Å². The molecule has 250 valence electrons. The molecule has 2 aliphatic rings. The zero-order valence-corrected chi connectivity index (χ0v) is 26.9. The Labute approximate surface area is 275 Å². The Morgan fingerprint density at radius 2 is 1.68 bits per heavy atom. The highest BCUT2D eigenvalue weighted by molar-refractivity contribution is 5.96. The monoisotopic (exact) mass is 642 g/mol. The van der Waals surface area contributed by atoms with Crippen LogP contribution in [0.1, 0.15) is 55.0 Å². The van der Waals surface area contributed by atoms with E-state index in [2.05, 4.69) is 20.8 Å². The van der Waals surface area contributed by atoms with Crippen LogP contribution in [0, 0.1) is 0 Å². The Morgan fingerprint density at radius 1 is 1.00 bits per heavy atom. The smallest absolute Gasteiger partial charge is 0.246 e. The van der Waals surface area contributed by atoms with Crippen LogP contribution in [-0.4, -0.2) is 86.9 Å². The molecule has 1 aromatic heterocycles. The van der Waals surface area contributed by atoms with Gasteiger partial charge in [0.2, 0.25) is 23.6 Å². The number of amides is 4. The van der Waals surface area contributed by atoms with Gasteiger partial charge in [-0.2, -0.15) is 5.10 Å². The summed E-state index contributed by atoms with van der Waals surface area (Å²) >= 11 is 0. The molecule has 5 rings (SSSR count). The van der Waals surface area contributed by atoms with Gasteiger partial charge >= 0.3 is 0 Å². The first-order valence-corrected chi connectivity index (χ1v) is 16.5. The number of nitrogens with zero attached hydrogens (tertiary/aromatic N) is 3. The number of likely N-dealkylation sites (tertiary alicyclic amines) is 1. The summed E-state index contributed by atoms with van der Waals surface area (Å²) in [4.78, 5) is 58.4. The maximum Gasteiger partial charge on any atom is 0.246 e. The first-order valence-electron chi connectivity index (χ1n) is 16.5. The largest absolute Gasteiger partial charge is 0.343 e. The van der Waals surface area contributed by atoms with E-state index in [0.29, 0.717) is 51.7 Å². The molecule has 47 heavy (non-hydrogen) atoms. The molecule has 3 aromatic rings. The minimum Gasteiger partial charge on any atom is -0.343 e. The summed E-state index contributed by atoms with van der Waals surface area (Å²) in [6.45, 7) is 3.37. The van der Waals surface area contributed by atoms with Crippen LogP contribution in [0.3, 0.4) is 0 Å². The van der Waals surface area contributed by atoms with Gasteiger partial charge in [0.1, 0.15) is 18.1 Å². The van der Waals surface area contributed by atoms with E-state index in [0.717, 1.165) is 28.8 Å². The van der Waals surface area contributed by atoms with Crippen LogP contribution in [0.25, 0.3) is 0 Å². The molecule has 2 aromatic carbocycles. The third-order valence-electron chi connectivity index (χ3n) is 9.14. The minimum atomic E-state index is -0.955. The fourth-order valence-electron chi connectivity index (χ4n) is 6.59. The van der Waals surface area contributed by atoms with Gasteiger partial charge in [-0.3, -0.25) is 24.3 Å². The van der Waals surface area contributed by atoms with Crippen molar-refractivity contribution >= 4 is 23.6 Å². The van der Waals surface area contributed by atoms with Crippen molar-refractivity contribution in [2.24, 2.45) is 11.5 Å². The third-order valence-corrected chi connectivity index (χ3v) is 9.14. The fourth-order valence-corrected chi connectivity index (χ4v) is 6.59. The number of hydrogen-bond acceptors (Lipinski definition) is 7. The molecule has 1 fully saturated rings. The number of aromatic nitrogens is 2. The maximum absolute atomic E-state index is 14.0. The summed E-state index contributed by atoms with van der Waals surface area (Å²) in [7, 11) is 0. The molecule has 0 aliphatic carbocycles. The van der Waals surface area contributed by atoms with Crippen molar-refractivity contribution in [2.45, 2.75) is 88.6 Å². The molecular weight excluding hydrogens is 596 g/mol.